The van der Waals surface area contributed by atoms with Crippen molar-refractivity contribution in [3.05, 3.63) is 27.7 Å². The fraction of sp³-hybridized carbons (Fsp3) is 0.250. The highest BCUT2D eigenvalue weighted by Crippen LogP contribution is 2.30. The molecule has 0 unspecified atom stereocenters. The number of hydrogen-bond donors (Lipinski definition) is 2. The minimum absolute atomic E-state index is 0.240. The van der Waals surface area contributed by atoms with Crippen LogP contribution in [0.5, 0.6) is 5.75 Å². The molecule has 0 radical (unpaired) electrons. The van der Waals surface area contributed by atoms with E-state index in [1.54, 1.807) is 0 Å². The Morgan fingerprint density at radius 2 is 2.25 bits per heavy atom. The number of nitrogens with two attached hydrogens (primary N) is 1. The summed E-state index contributed by atoms with van der Waals surface area (Å²) in [6.07, 6.45) is 0. The van der Waals surface area contributed by atoms with Gasteiger partial charge in [0.05, 0.1) is 11.1 Å². The third-order valence-electron chi connectivity index (χ3n) is 1.64. The second kappa shape index (κ2) is 3.89. The molecule has 0 spiro atoms. The van der Waals surface area contributed by atoms with Crippen LogP contribution in [0.25, 0.3) is 0 Å². The molecule has 66 valence electrons. The van der Waals surface area contributed by atoms with Crippen molar-refractivity contribution in [1.82, 2.24) is 0 Å². The van der Waals surface area contributed by atoms with Gasteiger partial charge in [-0.05, 0) is 34.0 Å². The van der Waals surface area contributed by atoms with E-state index in [-0.39, 0.29) is 12.4 Å². The molecule has 1 rings (SSSR count). The van der Waals surface area contributed by atoms with Crippen molar-refractivity contribution in [2.24, 2.45) is 5.90 Å². The summed E-state index contributed by atoms with van der Waals surface area (Å²) in [5.74, 6) is 5.16. The second-order valence-electron chi connectivity index (χ2n) is 2.52. The normalized spacial score (nSPS) is 10.2. The molecule has 0 saturated heterocycles. The zero-order valence-electron chi connectivity index (χ0n) is 6.67. The molecule has 1 aromatic carbocycles. The number of halogens is 1. The van der Waals surface area contributed by atoms with E-state index in [0.717, 1.165) is 11.1 Å². The highest BCUT2D eigenvalue weighted by molar-refractivity contribution is 9.10. The molecule has 0 aromatic heterocycles. The summed E-state index contributed by atoms with van der Waals surface area (Å²) in [6.45, 7) is 2.11. The molecular weight excluding hydrogens is 222 g/mol. The van der Waals surface area contributed by atoms with Crippen LogP contribution in [0.15, 0.2) is 16.6 Å². The molecule has 3 N–H and O–H groups in total. The van der Waals surface area contributed by atoms with Gasteiger partial charge in [-0.15, -0.1) is 0 Å². The third kappa shape index (κ3) is 1.77. The predicted octanol–water partition coefficient (Wildman–Crippen LogP) is 1.85. The molecule has 4 heteroatoms. The van der Waals surface area contributed by atoms with Gasteiger partial charge >= 0.3 is 0 Å². The van der Waals surface area contributed by atoms with E-state index >= 15 is 0 Å². The van der Waals surface area contributed by atoms with Crippen LogP contribution in [0.2, 0.25) is 0 Å². The molecule has 0 fully saturated rings. The van der Waals surface area contributed by atoms with Gasteiger partial charge in [0, 0.05) is 0 Å². The smallest absolute Gasteiger partial charge is 0.133 e. The first-order valence-electron chi connectivity index (χ1n) is 3.45. The first-order valence-corrected chi connectivity index (χ1v) is 4.24. The lowest BCUT2D eigenvalue weighted by Gasteiger charge is -2.06. The zero-order valence-corrected chi connectivity index (χ0v) is 8.26. The Kier molecular flexibility index (Phi) is 3.08. The van der Waals surface area contributed by atoms with Gasteiger partial charge in [-0.3, -0.25) is 4.84 Å². The third-order valence-corrected chi connectivity index (χ3v) is 2.52. The maximum atomic E-state index is 9.47. The van der Waals surface area contributed by atoms with Crippen LogP contribution in [-0.2, 0) is 11.4 Å². The largest absolute Gasteiger partial charge is 0.506 e. The number of aryl methyl sites for hydroxylation is 1. The Morgan fingerprint density at radius 1 is 1.58 bits per heavy atom. The SMILES string of the molecule is Cc1ccc(CON)c(Br)c1O. The van der Waals surface area contributed by atoms with E-state index in [0.29, 0.717) is 4.47 Å². The number of phenolic OH excluding ortho intramolecular Hbond substituents is 1. The Labute approximate surface area is 79.2 Å². The summed E-state index contributed by atoms with van der Waals surface area (Å²) < 4.78 is 0.646. The van der Waals surface area contributed by atoms with Crippen LogP contribution in [0.1, 0.15) is 11.1 Å². The van der Waals surface area contributed by atoms with E-state index in [9.17, 15) is 5.11 Å². The minimum Gasteiger partial charge on any atom is -0.506 e. The van der Waals surface area contributed by atoms with Gasteiger partial charge in [-0.2, -0.15) is 0 Å². The fourth-order valence-corrected chi connectivity index (χ4v) is 1.46. The zero-order chi connectivity index (χ0) is 9.14. The van der Waals surface area contributed by atoms with Crippen molar-refractivity contribution in [1.29, 1.82) is 0 Å². The van der Waals surface area contributed by atoms with Crippen molar-refractivity contribution in [3.63, 3.8) is 0 Å². The van der Waals surface area contributed by atoms with Gasteiger partial charge in [-0.1, -0.05) is 12.1 Å². The fourth-order valence-electron chi connectivity index (χ4n) is 0.904. The molecule has 12 heavy (non-hydrogen) atoms. The average Bonchev–Trinajstić information content (AvgIpc) is 2.07. The molecule has 0 heterocycles. The van der Waals surface area contributed by atoms with Crippen molar-refractivity contribution >= 4 is 15.9 Å². The monoisotopic (exact) mass is 231 g/mol. The topological polar surface area (TPSA) is 55.5 Å². The van der Waals surface area contributed by atoms with Gasteiger partial charge in [0.25, 0.3) is 0 Å². The van der Waals surface area contributed by atoms with Gasteiger partial charge in [0.2, 0.25) is 0 Å². The van der Waals surface area contributed by atoms with Crippen LogP contribution < -0.4 is 5.90 Å². The van der Waals surface area contributed by atoms with E-state index in [2.05, 4.69) is 20.8 Å². The lowest BCUT2D eigenvalue weighted by Crippen LogP contribution is -1.99. The summed E-state index contributed by atoms with van der Waals surface area (Å²) >= 11 is 3.25. The maximum Gasteiger partial charge on any atom is 0.133 e. The van der Waals surface area contributed by atoms with Gasteiger partial charge in [-0.25, -0.2) is 5.90 Å². The average molecular weight is 232 g/mol. The summed E-state index contributed by atoms with van der Waals surface area (Å²) in [7, 11) is 0. The Bertz CT molecular complexity index is 289. The Morgan fingerprint density at radius 3 is 2.83 bits per heavy atom. The Balaban J connectivity index is 3.08. The predicted molar refractivity (Wildman–Crippen MR) is 49.5 cm³/mol. The quantitative estimate of drug-likeness (QED) is 0.765. The molecule has 0 amide bonds. The van der Waals surface area contributed by atoms with Gasteiger partial charge in [0.15, 0.2) is 0 Å². The standard InChI is InChI=1S/C8H10BrNO2/c1-5-2-3-6(4-12-10)7(9)8(5)11/h2-3,11H,4,10H2,1H3. The molecular formula is C8H10BrNO2. The minimum atomic E-state index is 0.240. The molecule has 0 atom stereocenters. The number of aromatic hydroxyl groups is 1. The van der Waals surface area contributed by atoms with Crippen LogP contribution in [0.3, 0.4) is 0 Å². The first-order chi connectivity index (χ1) is 5.66. The highest BCUT2D eigenvalue weighted by Gasteiger charge is 2.06. The van der Waals surface area contributed by atoms with Crippen LogP contribution >= 0.6 is 15.9 Å². The Hall–Kier alpha value is -0.580. The van der Waals surface area contributed by atoms with Gasteiger partial charge < -0.3 is 5.11 Å². The second-order valence-corrected chi connectivity index (χ2v) is 3.31. The van der Waals surface area contributed by atoms with Crippen LogP contribution in [0.4, 0.5) is 0 Å². The molecule has 1 aromatic rings. The molecule has 0 bridgehead atoms. The molecule has 0 saturated carbocycles. The highest BCUT2D eigenvalue weighted by atomic mass is 79.9. The van der Waals surface area contributed by atoms with Crippen LogP contribution in [0, 0.1) is 6.92 Å². The molecule has 0 aliphatic rings. The number of phenols is 1. The van der Waals surface area contributed by atoms with Crippen LogP contribution in [-0.4, -0.2) is 5.11 Å². The lowest BCUT2D eigenvalue weighted by molar-refractivity contribution is 0.123. The summed E-state index contributed by atoms with van der Waals surface area (Å²) in [5, 5.41) is 9.47. The lowest BCUT2D eigenvalue weighted by atomic mass is 10.1. The van der Waals surface area contributed by atoms with E-state index < -0.39 is 0 Å². The van der Waals surface area contributed by atoms with E-state index in [4.69, 9.17) is 5.90 Å². The number of hydrogen-bond acceptors (Lipinski definition) is 3. The van der Waals surface area contributed by atoms with Crippen molar-refractivity contribution < 1.29 is 9.94 Å². The summed E-state index contributed by atoms with van der Waals surface area (Å²) in [4.78, 5) is 4.46. The molecule has 0 aliphatic heterocycles. The van der Waals surface area contributed by atoms with Crippen molar-refractivity contribution in [2.75, 3.05) is 0 Å². The molecule has 3 nitrogen and oxygen atoms in total. The summed E-state index contributed by atoms with van der Waals surface area (Å²) in [6, 6.07) is 3.67. The van der Waals surface area contributed by atoms with E-state index in [1.165, 1.54) is 0 Å². The maximum absolute atomic E-state index is 9.47. The summed E-state index contributed by atoms with van der Waals surface area (Å²) in [5.41, 5.74) is 1.66. The number of benzene rings is 1. The first kappa shape index (κ1) is 9.51. The van der Waals surface area contributed by atoms with E-state index in [1.807, 2.05) is 19.1 Å². The number of rotatable bonds is 2. The van der Waals surface area contributed by atoms with Gasteiger partial charge in [0.1, 0.15) is 5.75 Å². The molecule has 0 aliphatic carbocycles. The van der Waals surface area contributed by atoms with Crippen molar-refractivity contribution in [2.45, 2.75) is 13.5 Å². The van der Waals surface area contributed by atoms with Crippen molar-refractivity contribution in [3.8, 4) is 5.75 Å².